The van der Waals surface area contributed by atoms with Crippen molar-refractivity contribution in [3.8, 4) is 0 Å². The maximum Gasteiger partial charge on any atom is 1.00 e. The van der Waals surface area contributed by atoms with Crippen LogP contribution in [0.2, 0.25) is 0 Å². The fourth-order valence-electron chi connectivity index (χ4n) is 1.91. The molecule has 0 saturated carbocycles. The topological polar surface area (TPSA) is 74.4 Å². The van der Waals surface area contributed by atoms with E-state index in [0.717, 1.165) is 29.9 Å². The molecule has 0 atom stereocenters. The van der Waals surface area contributed by atoms with E-state index in [1.54, 1.807) is 0 Å². The molecule has 0 aliphatic carbocycles. The van der Waals surface area contributed by atoms with E-state index in [0.29, 0.717) is 6.42 Å². The van der Waals surface area contributed by atoms with Gasteiger partial charge in [-0.3, -0.25) is 11.3 Å². The molecule has 1 aromatic carbocycles. The molecule has 2 rings (SSSR count). The number of carbonyl (C=O) groups excluding carboxylic acids is 1. The molecule has 0 bridgehead atoms. The van der Waals surface area contributed by atoms with Crippen LogP contribution in [0.1, 0.15) is 25.3 Å². The van der Waals surface area contributed by atoms with Crippen LogP contribution in [0, 0.1) is 0 Å². The minimum Gasteiger partial charge on any atom is -0.870 e. The van der Waals surface area contributed by atoms with Crippen LogP contribution in [-0.2, 0) is 4.79 Å². The van der Waals surface area contributed by atoms with E-state index < -0.39 is 0 Å². The van der Waals surface area contributed by atoms with Crippen molar-refractivity contribution in [2.75, 3.05) is 6.54 Å². The standard InChI is InChI=1S/C13H16N3O.Na.H2O/c1-11-13(12-7-3-2-4-8-12)16(15-14-11)9-5-6-10-17;;/h2-4,7-8,14-15H,5-6,9H2,1H3;;1H2/q-1;+1;/p-1. The molecule has 0 saturated heterocycles. The average Bonchev–Trinajstić information content (AvgIpc) is 2.72. The minimum atomic E-state index is 0. The summed E-state index contributed by atoms with van der Waals surface area (Å²) in [6, 6.07) is 10.2. The molecule has 1 heterocycles. The summed E-state index contributed by atoms with van der Waals surface area (Å²) >= 11 is 0. The molecule has 3 N–H and O–H groups in total. The smallest absolute Gasteiger partial charge is 0.870 e. The molecule has 0 aromatic heterocycles. The van der Waals surface area contributed by atoms with Gasteiger partial charge in [0.05, 0.1) is 11.4 Å². The van der Waals surface area contributed by atoms with Crippen LogP contribution in [0.5, 0.6) is 0 Å². The number of nitrogens with zero attached hydrogens (tertiary/aromatic N) is 1. The zero-order chi connectivity index (χ0) is 12.1. The zero-order valence-electron chi connectivity index (χ0n) is 11.3. The second-order valence-electron chi connectivity index (χ2n) is 3.98. The zero-order valence-corrected chi connectivity index (χ0v) is 13.3. The van der Waals surface area contributed by atoms with Crippen molar-refractivity contribution < 1.29 is 39.8 Å². The predicted octanol–water partition coefficient (Wildman–Crippen LogP) is -1.58. The Morgan fingerprint density at radius 1 is 1.26 bits per heavy atom. The van der Waals surface area contributed by atoms with Crippen molar-refractivity contribution in [3.05, 3.63) is 41.6 Å². The van der Waals surface area contributed by atoms with Crippen LogP contribution in [0.4, 0.5) is 0 Å². The van der Waals surface area contributed by atoms with Gasteiger partial charge in [-0.1, -0.05) is 36.8 Å². The Labute approximate surface area is 135 Å². The number of allylic oxidation sites excluding steroid dienone is 1. The first-order valence-corrected chi connectivity index (χ1v) is 5.73. The molecule has 6 heteroatoms. The second-order valence-corrected chi connectivity index (χ2v) is 3.98. The number of unbranched alkanes of at least 4 members (excludes halogenated alkanes) is 1. The summed E-state index contributed by atoms with van der Waals surface area (Å²) in [6.45, 7) is 2.81. The summed E-state index contributed by atoms with van der Waals surface area (Å²) in [5.74, 6) is 0. The van der Waals surface area contributed by atoms with Gasteiger partial charge < -0.3 is 15.7 Å². The van der Waals surface area contributed by atoms with Gasteiger partial charge in [-0.25, -0.2) is 0 Å². The van der Waals surface area contributed by atoms with Crippen LogP contribution in [0.3, 0.4) is 0 Å². The Morgan fingerprint density at radius 2 is 1.95 bits per heavy atom. The fourth-order valence-corrected chi connectivity index (χ4v) is 1.91. The molecule has 1 aliphatic rings. The summed E-state index contributed by atoms with van der Waals surface area (Å²) in [5.41, 5.74) is 9.58. The van der Waals surface area contributed by atoms with Crippen molar-refractivity contribution in [3.63, 3.8) is 0 Å². The first-order valence-electron chi connectivity index (χ1n) is 5.73. The Morgan fingerprint density at radius 3 is 2.58 bits per heavy atom. The van der Waals surface area contributed by atoms with Crippen LogP contribution in [-0.4, -0.2) is 23.3 Å². The van der Waals surface area contributed by atoms with Crippen LogP contribution >= 0.6 is 0 Å². The SMILES string of the molecule is CC1=C(c2ccccc2)N(CCC[C-]=O)NN1.[Na+].[OH-]. The summed E-state index contributed by atoms with van der Waals surface area (Å²) < 4.78 is 0. The number of hydrogen-bond acceptors (Lipinski definition) is 5. The summed E-state index contributed by atoms with van der Waals surface area (Å²) in [6.07, 6.45) is 3.18. The van der Waals surface area contributed by atoms with Crippen LogP contribution < -0.4 is 40.5 Å². The Kier molecular flexibility index (Phi) is 8.71. The van der Waals surface area contributed by atoms with Crippen molar-refractivity contribution in [2.24, 2.45) is 0 Å². The summed E-state index contributed by atoms with van der Waals surface area (Å²) in [7, 11) is 0. The molecule has 19 heavy (non-hydrogen) atoms. The summed E-state index contributed by atoms with van der Waals surface area (Å²) in [5, 5.41) is 2.03. The minimum absolute atomic E-state index is 0. The van der Waals surface area contributed by atoms with Crippen molar-refractivity contribution in [2.45, 2.75) is 19.8 Å². The van der Waals surface area contributed by atoms with Crippen LogP contribution in [0.25, 0.3) is 5.70 Å². The molecule has 1 aromatic rings. The molecule has 0 radical (unpaired) electrons. The maximum absolute atomic E-state index is 10.2. The largest absolute Gasteiger partial charge is 1.00 e. The quantitative estimate of drug-likeness (QED) is 0.384. The first kappa shape index (κ1) is 18.1. The van der Waals surface area contributed by atoms with Gasteiger partial charge in [-0.2, -0.15) is 6.42 Å². The Bertz CT molecular complexity index is 423. The third-order valence-corrected chi connectivity index (χ3v) is 2.71. The van der Waals surface area contributed by atoms with Gasteiger partial charge in [-0.15, -0.1) is 5.53 Å². The molecule has 0 fully saturated rings. The molecule has 0 spiro atoms. The molecule has 5 nitrogen and oxygen atoms in total. The van der Waals surface area contributed by atoms with E-state index >= 15 is 0 Å². The van der Waals surface area contributed by atoms with E-state index in [1.807, 2.05) is 36.4 Å². The fraction of sp³-hybridized carbons (Fsp3) is 0.308. The van der Waals surface area contributed by atoms with Crippen molar-refractivity contribution >= 4 is 12.0 Å². The maximum atomic E-state index is 10.2. The van der Waals surface area contributed by atoms with Gasteiger partial charge >= 0.3 is 29.6 Å². The van der Waals surface area contributed by atoms with Crippen molar-refractivity contribution in [1.82, 2.24) is 16.0 Å². The Balaban J connectivity index is 0.00000162. The van der Waals surface area contributed by atoms with Crippen LogP contribution in [0.15, 0.2) is 36.0 Å². The molecule has 0 amide bonds. The van der Waals surface area contributed by atoms with Gasteiger partial charge in [0.15, 0.2) is 0 Å². The second kappa shape index (κ2) is 9.12. The van der Waals surface area contributed by atoms with E-state index in [4.69, 9.17) is 0 Å². The van der Waals surface area contributed by atoms with E-state index in [1.165, 1.54) is 0 Å². The number of rotatable bonds is 5. The van der Waals surface area contributed by atoms with Gasteiger partial charge in [0, 0.05) is 12.1 Å². The predicted molar refractivity (Wildman–Crippen MR) is 68.9 cm³/mol. The molecular weight excluding hydrogens is 253 g/mol. The third-order valence-electron chi connectivity index (χ3n) is 2.71. The normalized spacial score (nSPS) is 13.4. The third kappa shape index (κ3) is 4.63. The number of nitrogens with one attached hydrogen (secondary N) is 2. The van der Waals surface area contributed by atoms with Gasteiger partial charge in [0.25, 0.3) is 0 Å². The molecule has 0 unspecified atom stereocenters. The number of hydrazine groups is 2. The molecule has 1 aliphatic heterocycles. The van der Waals surface area contributed by atoms with E-state index in [2.05, 4.69) is 23.1 Å². The average molecular weight is 270 g/mol. The van der Waals surface area contributed by atoms with Gasteiger partial charge in [0.2, 0.25) is 0 Å². The van der Waals surface area contributed by atoms with E-state index in [-0.39, 0.29) is 35.0 Å². The number of benzene rings is 1. The number of hydrogen-bond donors (Lipinski definition) is 2. The van der Waals surface area contributed by atoms with E-state index in [9.17, 15) is 4.79 Å². The van der Waals surface area contributed by atoms with Gasteiger partial charge in [0.1, 0.15) is 0 Å². The Hall–Kier alpha value is -0.850. The monoisotopic (exact) mass is 270 g/mol. The first-order chi connectivity index (χ1) is 8.33. The van der Waals surface area contributed by atoms with Gasteiger partial charge in [-0.05, 0) is 6.92 Å². The summed E-state index contributed by atoms with van der Waals surface area (Å²) in [4.78, 5) is 10.2. The van der Waals surface area contributed by atoms with Crippen molar-refractivity contribution in [1.29, 1.82) is 0 Å². The molecular formula is C13H17N3NaO2-. The molecule has 98 valence electrons.